The molecule has 2 aromatic heterocycles. The Morgan fingerprint density at radius 3 is 2.71 bits per heavy atom. The van der Waals surface area contributed by atoms with Crippen molar-refractivity contribution in [1.29, 1.82) is 0 Å². The number of hydrogen-bond donors (Lipinski definition) is 1. The van der Waals surface area contributed by atoms with Gasteiger partial charge in [-0.1, -0.05) is 5.16 Å². The highest BCUT2D eigenvalue weighted by molar-refractivity contribution is 5.92. The first-order valence-corrected chi connectivity index (χ1v) is 8.36. The van der Waals surface area contributed by atoms with Gasteiger partial charge in [-0.2, -0.15) is 5.10 Å². The van der Waals surface area contributed by atoms with Crippen molar-refractivity contribution in [1.82, 2.24) is 25.2 Å². The molecule has 1 aliphatic rings. The van der Waals surface area contributed by atoms with E-state index >= 15 is 0 Å². The molecule has 0 bridgehead atoms. The average molecular weight is 331 g/mol. The lowest BCUT2D eigenvalue weighted by atomic mass is 10.0. The van der Waals surface area contributed by atoms with Gasteiger partial charge in [0, 0.05) is 36.5 Å². The molecule has 1 fully saturated rings. The molecule has 0 atom stereocenters. The molecule has 130 valence electrons. The Labute approximate surface area is 142 Å². The maximum absolute atomic E-state index is 12.5. The summed E-state index contributed by atoms with van der Waals surface area (Å²) in [5, 5.41) is 11.3. The van der Waals surface area contributed by atoms with E-state index in [0.717, 1.165) is 30.9 Å². The van der Waals surface area contributed by atoms with Crippen molar-refractivity contribution < 1.29 is 9.32 Å². The van der Waals surface area contributed by atoms with Gasteiger partial charge >= 0.3 is 0 Å². The molecule has 1 amide bonds. The third-order valence-electron chi connectivity index (χ3n) is 4.51. The number of amides is 1. The Kier molecular flexibility index (Phi) is 4.45. The van der Waals surface area contributed by atoms with Crippen LogP contribution in [0.1, 0.15) is 42.9 Å². The van der Waals surface area contributed by atoms with Gasteiger partial charge in [0.25, 0.3) is 5.91 Å². The number of aryl methyl sites for hydroxylation is 1. The summed E-state index contributed by atoms with van der Waals surface area (Å²) in [4.78, 5) is 14.9. The summed E-state index contributed by atoms with van der Waals surface area (Å²) in [6, 6.07) is 1.67. The number of likely N-dealkylation sites (tertiary alicyclic amines) is 1. The number of nitrogens with zero attached hydrogens (tertiary/aromatic N) is 4. The molecule has 0 saturated carbocycles. The molecule has 1 aliphatic heterocycles. The van der Waals surface area contributed by atoms with Crippen LogP contribution in [0.15, 0.2) is 16.8 Å². The molecule has 0 spiro atoms. The molecule has 0 radical (unpaired) electrons. The summed E-state index contributed by atoms with van der Waals surface area (Å²) in [7, 11) is 1.87. The van der Waals surface area contributed by atoms with Crippen molar-refractivity contribution in [2.24, 2.45) is 7.05 Å². The number of carbonyl (C=O) groups excluding carboxylic acids is 1. The fourth-order valence-corrected chi connectivity index (χ4v) is 3.17. The Balaban J connectivity index is 1.68. The van der Waals surface area contributed by atoms with Crippen LogP contribution in [0.5, 0.6) is 0 Å². The predicted molar refractivity (Wildman–Crippen MR) is 90.7 cm³/mol. The highest BCUT2D eigenvalue weighted by Crippen LogP contribution is 2.22. The van der Waals surface area contributed by atoms with E-state index in [0.29, 0.717) is 5.69 Å². The van der Waals surface area contributed by atoms with Crippen molar-refractivity contribution >= 4 is 5.91 Å². The van der Waals surface area contributed by atoms with Gasteiger partial charge < -0.3 is 14.7 Å². The second-order valence-corrected chi connectivity index (χ2v) is 7.16. The standard InChI is InChI=1S/C17H25N5O2/c1-12-13(10-18-21(12)4)14-9-15(24-20-14)16(23)19-17(2,3)11-22-7-5-6-8-22/h9-10H,5-8,11H2,1-4H3,(H,19,23). The lowest BCUT2D eigenvalue weighted by molar-refractivity contribution is 0.0856. The minimum atomic E-state index is -0.321. The molecule has 0 aromatic carbocycles. The van der Waals surface area contributed by atoms with Crippen LogP contribution in [0, 0.1) is 6.92 Å². The molecular weight excluding hydrogens is 306 g/mol. The van der Waals surface area contributed by atoms with Gasteiger partial charge in [-0.05, 0) is 46.7 Å². The number of hydrogen-bond acceptors (Lipinski definition) is 5. The van der Waals surface area contributed by atoms with Crippen molar-refractivity contribution in [3.63, 3.8) is 0 Å². The lowest BCUT2D eigenvalue weighted by Crippen LogP contribution is -2.50. The second-order valence-electron chi connectivity index (χ2n) is 7.16. The second kappa shape index (κ2) is 6.39. The summed E-state index contributed by atoms with van der Waals surface area (Å²) >= 11 is 0. The number of carbonyl (C=O) groups is 1. The molecule has 1 N–H and O–H groups in total. The molecule has 1 saturated heterocycles. The van der Waals surface area contributed by atoms with E-state index in [1.165, 1.54) is 12.8 Å². The van der Waals surface area contributed by atoms with Crippen LogP contribution in [0.3, 0.4) is 0 Å². The molecular formula is C17H25N5O2. The summed E-state index contributed by atoms with van der Waals surface area (Å²) in [5.74, 6) is -0.0118. The number of nitrogens with one attached hydrogen (secondary N) is 1. The number of aromatic nitrogens is 3. The largest absolute Gasteiger partial charge is 0.350 e. The van der Waals surface area contributed by atoms with Gasteiger partial charge in [0.05, 0.1) is 6.20 Å². The van der Waals surface area contributed by atoms with Crippen LogP contribution in [-0.2, 0) is 7.05 Å². The molecule has 7 heteroatoms. The van der Waals surface area contributed by atoms with Crippen LogP contribution in [-0.4, -0.2) is 50.9 Å². The Hall–Kier alpha value is -2.15. The van der Waals surface area contributed by atoms with E-state index in [-0.39, 0.29) is 17.2 Å². The third-order valence-corrected chi connectivity index (χ3v) is 4.51. The predicted octanol–water partition coefficient (Wildman–Crippen LogP) is 1.99. The topological polar surface area (TPSA) is 76.2 Å². The fourth-order valence-electron chi connectivity index (χ4n) is 3.17. The van der Waals surface area contributed by atoms with Crippen molar-refractivity contribution in [3.8, 4) is 11.3 Å². The Morgan fingerprint density at radius 1 is 1.38 bits per heavy atom. The first-order chi connectivity index (χ1) is 11.4. The maximum Gasteiger partial charge on any atom is 0.290 e. The summed E-state index contributed by atoms with van der Waals surface area (Å²) in [5.41, 5.74) is 2.16. The molecule has 2 aromatic rings. The molecule has 0 aliphatic carbocycles. The summed E-state index contributed by atoms with van der Waals surface area (Å²) in [6.45, 7) is 9.06. The van der Waals surface area contributed by atoms with Gasteiger partial charge in [-0.25, -0.2) is 0 Å². The van der Waals surface area contributed by atoms with Crippen LogP contribution < -0.4 is 5.32 Å². The normalized spacial score (nSPS) is 15.8. The van der Waals surface area contributed by atoms with E-state index < -0.39 is 0 Å². The van der Waals surface area contributed by atoms with Crippen molar-refractivity contribution in [3.05, 3.63) is 23.7 Å². The van der Waals surface area contributed by atoms with Gasteiger partial charge in [-0.3, -0.25) is 9.48 Å². The minimum absolute atomic E-state index is 0.225. The average Bonchev–Trinajstić information content (AvgIpc) is 3.22. The monoisotopic (exact) mass is 331 g/mol. The Bertz CT molecular complexity index is 725. The molecule has 0 unspecified atom stereocenters. The van der Waals surface area contributed by atoms with Gasteiger partial charge in [-0.15, -0.1) is 0 Å². The number of rotatable bonds is 5. The van der Waals surface area contributed by atoms with Gasteiger partial charge in [0.2, 0.25) is 5.76 Å². The summed E-state index contributed by atoms with van der Waals surface area (Å²) < 4.78 is 7.02. The third kappa shape index (κ3) is 3.51. The zero-order chi connectivity index (χ0) is 17.3. The van der Waals surface area contributed by atoms with E-state index in [9.17, 15) is 4.79 Å². The zero-order valence-electron chi connectivity index (χ0n) is 14.8. The lowest BCUT2D eigenvalue weighted by Gasteiger charge is -2.30. The Morgan fingerprint density at radius 2 is 2.08 bits per heavy atom. The molecule has 24 heavy (non-hydrogen) atoms. The highest BCUT2D eigenvalue weighted by Gasteiger charge is 2.27. The van der Waals surface area contributed by atoms with Crippen LogP contribution in [0.2, 0.25) is 0 Å². The van der Waals surface area contributed by atoms with E-state index in [2.05, 4.69) is 20.5 Å². The summed E-state index contributed by atoms with van der Waals surface area (Å²) in [6.07, 6.45) is 4.20. The van der Waals surface area contributed by atoms with Crippen LogP contribution >= 0.6 is 0 Å². The van der Waals surface area contributed by atoms with Crippen LogP contribution in [0.25, 0.3) is 11.3 Å². The van der Waals surface area contributed by atoms with Crippen LogP contribution in [0.4, 0.5) is 0 Å². The van der Waals surface area contributed by atoms with E-state index in [1.807, 2.05) is 27.8 Å². The first kappa shape index (κ1) is 16.7. The van der Waals surface area contributed by atoms with Gasteiger partial charge in [0.1, 0.15) is 5.69 Å². The first-order valence-electron chi connectivity index (χ1n) is 8.36. The zero-order valence-corrected chi connectivity index (χ0v) is 14.8. The maximum atomic E-state index is 12.5. The molecule has 3 rings (SSSR count). The fraction of sp³-hybridized carbons (Fsp3) is 0.588. The minimum Gasteiger partial charge on any atom is -0.350 e. The highest BCUT2D eigenvalue weighted by atomic mass is 16.5. The van der Waals surface area contributed by atoms with E-state index in [1.54, 1.807) is 16.9 Å². The smallest absolute Gasteiger partial charge is 0.290 e. The molecule has 7 nitrogen and oxygen atoms in total. The SMILES string of the molecule is Cc1c(-c2cc(C(=O)NC(C)(C)CN3CCCC3)on2)cnn1C. The molecule has 3 heterocycles. The van der Waals surface area contributed by atoms with Gasteiger partial charge in [0.15, 0.2) is 0 Å². The van der Waals surface area contributed by atoms with Crippen molar-refractivity contribution in [2.75, 3.05) is 19.6 Å². The van der Waals surface area contributed by atoms with E-state index in [4.69, 9.17) is 4.52 Å². The van der Waals surface area contributed by atoms with Crippen molar-refractivity contribution in [2.45, 2.75) is 39.2 Å². The quantitative estimate of drug-likeness (QED) is 0.907.